The minimum absolute atomic E-state index is 0.131. The first-order chi connectivity index (χ1) is 15.0. The molecule has 1 N–H and O–H groups in total. The number of piperazine rings is 1. The summed E-state index contributed by atoms with van der Waals surface area (Å²) in [6.07, 6.45) is -4.38. The highest BCUT2D eigenvalue weighted by atomic mass is 32.2. The van der Waals surface area contributed by atoms with E-state index >= 15 is 0 Å². The van der Waals surface area contributed by atoms with Gasteiger partial charge in [-0.1, -0.05) is 6.07 Å². The van der Waals surface area contributed by atoms with Gasteiger partial charge in [0.2, 0.25) is 15.9 Å². The van der Waals surface area contributed by atoms with Crippen LogP contribution in [0.2, 0.25) is 0 Å². The molecule has 11 heteroatoms. The Morgan fingerprint density at radius 2 is 1.66 bits per heavy atom. The maximum absolute atomic E-state index is 12.9. The lowest BCUT2D eigenvalue weighted by molar-refractivity contribution is -0.137. The van der Waals surface area contributed by atoms with Crippen LogP contribution in [0.5, 0.6) is 0 Å². The molecule has 0 bridgehead atoms. The molecule has 1 aliphatic heterocycles. The van der Waals surface area contributed by atoms with Crippen molar-refractivity contribution < 1.29 is 26.4 Å². The highest BCUT2D eigenvalue weighted by molar-refractivity contribution is 7.89. The summed E-state index contributed by atoms with van der Waals surface area (Å²) in [5.74, 6) is -0.249. The molecule has 2 aromatic carbocycles. The van der Waals surface area contributed by atoms with Crippen molar-refractivity contribution in [2.45, 2.75) is 11.1 Å². The van der Waals surface area contributed by atoms with E-state index in [1.807, 2.05) is 9.80 Å². The zero-order valence-electron chi connectivity index (χ0n) is 17.8. The molecule has 174 valence electrons. The number of sulfonamides is 1. The number of benzene rings is 2. The van der Waals surface area contributed by atoms with Gasteiger partial charge < -0.3 is 10.2 Å². The van der Waals surface area contributed by atoms with Gasteiger partial charge in [0, 0.05) is 51.6 Å². The van der Waals surface area contributed by atoms with Gasteiger partial charge in [0.1, 0.15) is 0 Å². The standard InChI is InChI=1S/C21H25F3N4O3S/c1-26(2)32(30,31)19-8-6-17(7-9-19)25-20(29)15-27-10-12-28(13-11-27)18-5-3-4-16(14-18)21(22,23)24/h3-9,14H,10-13,15H2,1-2H3,(H,25,29). The monoisotopic (exact) mass is 470 g/mol. The number of nitrogens with one attached hydrogen (secondary N) is 1. The SMILES string of the molecule is CN(C)S(=O)(=O)c1ccc(NC(=O)CN2CCN(c3cccc(C(F)(F)F)c3)CC2)cc1. The number of carbonyl (C=O) groups is 1. The molecule has 0 aliphatic carbocycles. The molecule has 32 heavy (non-hydrogen) atoms. The molecule has 2 aromatic rings. The Morgan fingerprint density at radius 3 is 2.22 bits per heavy atom. The second kappa shape index (κ2) is 9.47. The van der Waals surface area contributed by atoms with Crippen LogP contribution in [0.1, 0.15) is 5.56 Å². The van der Waals surface area contributed by atoms with Gasteiger partial charge in [0.15, 0.2) is 0 Å². The van der Waals surface area contributed by atoms with E-state index in [9.17, 15) is 26.4 Å². The normalized spacial score (nSPS) is 15.8. The van der Waals surface area contributed by atoms with E-state index in [4.69, 9.17) is 0 Å². The van der Waals surface area contributed by atoms with E-state index in [0.29, 0.717) is 37.6 Å². The molecule has 0 saturated carbocycles. The molecule has 0 radical (unpaired) electrons. The highest BCUT2D eigenvalue weighted by Gasteiger charge is 2.31. The van der Waals surface area contributed by atoms with Crippen LogP contribution in [-0.2, 0) is 21.0 Å². The van der Waals surface area contributed by atoms with Crippen LogP contribution in [0, 0.1) is 0 Å². The fourth-order valence-corrected chi connectivity index (χ4v) is 4.27. The van der Waals surface area contributed by atoms with Crippen molar-refractivity contribution in [3.05, 3.63) is 54.1 Å². The Labute approximate surface area is 185 Å². The van der Waals surface area contributed by atoms with Crippen LogP contribution >= 0.6 is 0 Å². The molecule has 0 unspecified atom stereocenters. The lowest BCUT2D eigenvalue weighted by atomic mass is 10.1. The third kappa shape index (κ3) is 5.78. The Balaban J connectivity index is 1.52. The molecule has 1 amide bonds. The second-order valence-electron chi connectivity index (χ2n) is 7.67. The van der Waals surface area contributed by atoms with Gasteiger partial charge >= 0.3 is 6.18 Å². The van der Waals surface area contributed by atoms with Crippen molar-refractivity contribution in [3.8, 4) is 0 Å². The number of nitrogens with zero attached hydrogens (tertiary/aromatic N) is 3. The van der Waals surface area contributed by atoms with Crippen molar-refractivity contribution in [1.82, 2.24) is 9.21 Å². The molecule has 7 nitrogen and oxygen atoms in total. The van der Waals surface area contributed by atoms with E-state index in [2.05, 4.69) is 5.32 Å². The van der Waals surface area contributed by atoms with Crippen molar-refractivity contribution in [1.29, 1.82) is 0 Å². The van der Waals surface area contributed by atoms with Gasteiger partial charge in [-0.3, -0.25) is 9.69 Å². The van der Waals surface area contributed by atoms with Crippen molar-refractivity contribution in [2.24, 2.45) is 0 Å². The molecular weight excluding hydrogens is 445 g/mol. The number of carbonyl (C=O) groups excluding carboxylic acids is 1. The summed E-state index contributed by atoms with van der Waals surface area (Å²) in [7, 11) is -0.654. The Bertz CT molecular complexity index is 1050. The predicted molar refractivity (Wildman–Crippen MR) is 116 cm³/mol. The van der Waals surface area contributed by atoms with Crippen LogP contribution in [0.25, 0.3) is 0 Å². The molecule has 0 spiro atoms. The smallest absolute Gasteiger partial charge is 0.369 e. The fourth-order valence-electron chi connectivity index (χ4n) is 3.37. The minimum Gasteiger partial charge on any atom is -0.369 e. The largest absolute Gasteiger partial charge is 0.416 e. The lowest BCUT2D eigenvalue weighted by Gasteiger charge is -2.36. The van der Waals surface area contributed by atoms with Gasteiger partial charge in [-0.2, -0.15) is 13.2 Å². The van der Waals surface area contributed by atoms with Crippen LogP contribution in [0.3, 0.4) is 0 Å². The van der Waals surface area contributed by atoms with Crippen molar-refractivity contribution in [2.75, 3.05) is 57.0 Å². The van der Waals surface area contributed by atoms with Crippen molar-refractivity contribution in [3.63, 3.8) is 0 Å². The summed E-state index contributed by atoms with van der Waals surface area (Å²) in [5.41, 5.74) is 0.313. The predicted octanol–water partition coefficient (Wildman–Crippen LogP) is 2.72. The van der Waals surface area contributed by atoms with Crippen LogP contribution in [0.4, 0.5) is 24.5 Å². The number of halogens is 3. The van der Waals surface area contributed by atoms with Crippen LogP contribution in [-0.4, -0.2) is 70.3 Å². The summed E-state index contributed by atoms with van der Waals surface area (Å²) in [6.45, 7) is 2.21. The van der Waals surface area contributed by atoms with E-state index in [1.165, 1.54) is 44.4 Å². The summed E-state index contributed by atoms with van der Waals surface area (Å²) >= 11 is 0. The number of amides is 1. The molecule has 1 aliphatic rings. The zero-order chi connectivity index (χ0) is 23.5. The van der Waals surface area contributed by atoms with Gasteiger partial charge in [-0.15, -0.1) is 0 Å². The van der Waals surface area contributed by atoms with E-state index in [1.54, 1.807) is 6.07 Å². The first-order valence-corrected chi connectivity index (χ1v) is 11.4. The second-order valence-corrected chi connectivity index (χ2v) is 9.82. The topological polar surface area (TPSA) is 73.0 Å². The quantitative estimate of drug-likeness (QED) is 0.703. The third-order valence-corrected chi connectivity index (χ3v) is 7.02. The summed E-state index contributed by atoms with van der Waals surface area (Å²) in [6, 6.07) is 11.1. The van der Waals surface area contributed by atoms with Gasteiger partial charge in [0.25, 0.3) is 0 Å². The molecule has 1 saturated heterocycles. The number of alkyl halides is 3. The minimum atomic E-state index is -4.38. The number of anilines is 2. The van der Waals surface area contributed by atoms with E-state index < -0.39 is 21.8 Å². The first kappa shape index (κ1) is 24.0. The molecular formula is C21H25F3N4O3S. The molecule has 1 fully saturated rings. The Morgan fingerprint density at radius 1 is 1.03 bits per heavy atom. The van der Waals surface area contributed by atoms with Crippen LogP contribution in [0.15, 0.2) is 53.4 Å². The highest BCUT2D eigenvalue weighted by Crippen LogP contribution is 2.31. The lowest BCUT2D eigenvalue weighted by Crippen LogP contribution is -2.48. The maximum Gasteiger partial charge on any atom is 0.416 e. The Hall–Kier alpha value is -2.63. The summed E-state index contributed by atoms with van der Waals surface area (Å²) in [5, 5.41) is 2.74. The number of hydrogen-bond donors (Lipinski definition) is 1. The summed E-state index contributed by atoms with van der Waals surface area (Å²) < 4.78 is 64.1. The van der Waals surface area contributed by atoms with Crippen LogP contribution < -0.4 is 10.2 Å². The number of rotatable bonds is 6. The molecule has 3 rings (SSSR count). The van der Waals surface area contributed by atoms with E-state index in [-0.39, 0.29) is 17.3 Å². The van der Waals surface area contributed by atoms with Gasteiger partial charge in [0.05, 0.1) is 17.0 Å². The third-order valence-electron chi connectivity index (χ3n) is 5.19. The summed E-state index contributed by atoms with van der Waals surface area (Å²) in [4.78, 5) is 16.3. The fraction of sp³-hybridized carbons (Fsp3) is 0.381. The van der Waals surface area contributed by atoms with E-state index in [0.717, 1.165) is 16.4 Å². The maximum atomic E-state index is 12.9. The first-order valence-electron chi connectivity index (χ1n) is 9.94. The van der Waals surface area contributed by atoms with Gasteiger partial charge in [-0.05, 0) is 42.5 Å². The zero-order valence-corrected chi connectivity index (χ0v) is 18.6. The van der Waals surface area contributed by atoms with Crippen molar-refractivity contribution >= 4 is 27.3 Å². The average Bonchev–Trinajstić information content (AvgIpc) is 2.74. The molecule has 0 atom stereocenters. The van der Waals surface area contributed by atoms with Gasteiger partial charge in [-0.25, -0.2) is 12.7 Å². The number of hydrogen-bond acceptors (Lipinski definition) is 5. The Kier molecular flexibility index (Phi) is 7.11. The average molecular weight is 471 g/mol. The molecule has 0 aromatic heterocycles. The molecule has 1 heterocycles.